The molecule has 0 saturated heterocycles. The average molecular weight is 477 g/mol. The summed E-state index contributed by atoms with van der Waals surface area (Å²) in [5, 5.41) is 15.1. The Morgan fingerprint density at radius 3 is 2.44 bits per heavy atom. The van der Waals surface area contributed by atoms with E-state index in [1.807, 2.05) is 49.4 Å². The Morgan fingerprint density at radius 2 is 1.76 bits per heavy atom. The topological polar surface area (TPSA) is 63.5 Å². The van der Waals surface area contributed by atoms with Crippen LogP contribution in [0.25, 0.3) is 16.6 Å². The number of carbonyl (C=O) groups excluding carboxylic acids is 1. The van der Waals surface area contributed by atoms with Gasteiger partial charge < -0.3 is 19.7 Å². The second-order valence-electron chi connectivity index (χ2n) is 8.59. The lowest BCUT2D eigenvalue weighted by Crippen LogP contribution is -2.31. The summed E-state index contributed by atoms with van der Waals surface area (Å²) in [5.74, 6) is 0.629. The molecule has 4 aromatic rings. The van der Waals surface area contributed by atoms with Gasteiger partial charge in [-0.25, -0.2) is 0 Å². The molecular formula is C28H29ClN2O3. The van der Waals surface area contributed by atoms with E-state index in [0.717, 1.165) is 27.8 Å². The summed E-state index contributed by atoms with van der Waals surface area (Å²) in [6, 6.07) is 21.6. The zero-order valence-electron chi connectivity index (χ0n) is 19.6. The molecular weight excluding hydrogens is 448 g/mol. The van der Waals surface area contributed by atoms with Gasteiger partial charge in [0.05, 0.1) is 5.52 Å². The zero-order valence-corrected chi connectivity index (χ0v) is 20.4. The molecule has 1 aromatic heterocycles. The number of hydrogen-bond donors (Lipinski definition) is 2. The van der Waals surface area contributed by atoms with Crippen molar-refractivity contribution < 1.29 is 14.6 Å². The van der Waals surface area contributed by atoms with E-state index in [0.29, 0.717) is 29.4 Å². The number of aliphatic hydroxyl groups excluding tert-OH is 1. The van der Waals surface area contributed by atoms with Crippen LogP contribution in [0.3, 0.4) is 0 Å². The van der Waals surface area contributed by atoms with Crippen LogP contribution < -0.4 is 10.1 Å². The Hall–Kier alpha value is -3.12. The number of ether oxygens (including phenoxy) is 1. The third-order valence-corrected chi connectivity index (χ3v) is 6.14. The highest BCUT2D eigenvalue weighted by atomic mass is 35.5. The van der Waals surface area contributed by atoms with Crippen LogP contribution in [0.15, 0.2) is 66.7 Å². The molecule has 2 N–H and O–H groups in total. The fourth-order valence-electron chi connectivity index (χ4n) is 4.20. The smallest absolute Gasteiger partial charge is 0.162 e. The van der Waals surface area contributed by atoms with Gasteiger partial charge >= 0.3 is 0 Å². The van der Waals surface area contributed by atoms with E-state index >= 15 is 0 Å². The maximum absolute atomic E-state index is 12.5. The fraction of sp³-hybridized carbons (Fsp3) is 0.250. The van der Waals surface area contributed by atoms with Gasteiger partial charge in [-0.05, 0) is 68.8 Å². The molecule has 1 atom stereocenters. The molecule has 0 aliphatic heterocycles. The molecule has 0 unspecified atom stereocenters. The van der Waals surface area contributed by atoms with Crippen LogP contribution in [0, 0.1) is 13.8 Å². The standard InChI is InChI=1S/C28H29ClN2O3/c1-18-4-10-23(11-5-18)31-19(2)28(20(3)32)26-14-25(12-13-27(26)31)34-17-24(33)16-30-15-21-6-8-22(29)9-7-21/h4-14,24,30,33H,15-17H2,1-3H3/t24-/m1/s1. The van der Waals surface area contributed by atoms with Crippen molar-refractivity contribution in [3.8, 4) is 11.4 Å². The summed E-state index contributed by atoms with van der Waals surface area (Å²) >= 11 is 5.91. The summed E-state index contributed by atoms with van der Waals surface area (Å²) in [6.07, 6.45) is -0.672. The fourth-order valence-corrected chi connectivity index (χ4v) is 4.32. The molecule has 0 fully saturated rings. The molecule has 0 aliphatic carbocycles. The van der Waals surface area contributed by atoms with Gasteiger partial charge in [-0.15, -0.1) is 0 Å². The molecule has 3 aromatic carbocycles. The summed E-state index contributed by atoms with van der Waals surface area (Å²) < 4.78 is 7.97. The second-order valence-corrected chi connectivity index (χ2v) is 9.03. The number of aromatic nitrogens is 1. The van der Waals surface area contributed by atoms with Crippen molar-refractivity contribution in [2.45, 2.75) is 33.4 Å². The van der Waals surface area contributed by atoms with E-state index < -0.39 is 6.10 Å². The van der Waals surface area contributed by atoms with E-state index in [1.54, 1.807) is 6.92 Å². The van der Waals surface area contributed by atoms with Crippen LogP contribution in [0.1, 0.15) is 34.1 Å². The molecule has 0 radical (unpaired) electrons. The first-order valence-corrected chi connectivity index (χ1v) is 11.7. The van der Waals surface area contributed by atoms with Crippen LogP contribution in [-0.2, 0) is 6.54 Å². The number of Topliss-reactive ketones (excluding diaryl/α,β-unsaturated/α-hetero) is 1. The van der Waals surface area contributed by atoms with Gasteiger partial charge in [0.2, 0.25) is 0 Å². The number of nitrogens with one attached hydrogen (secondary N) is 1. The predicted octanol–water partition coefficient (Wildman–Crippen LogP) is 5.63. The number of ketones is 1. The lowest BCUT2D eigenvalue weighted by Gasteiger charge is -2.14. The van der Waals surface area contributed by atoms with Gasteiger partial charge in [-0.1, -0.05) is 41.4 Å². The van der Waals surface area contributed by atoms with Gasteiger partial charge in [0, 0.05) is 40.4 Å². The lowest BCUT2D eigenvalue weighted by molar-refractivity contribution is 0.101. The van der Waals surface area contributed by atoms with Crippen molar-refractivity contribution in [3.05, 3.63) is 94.1 Å². The van der Waals surface area contributed by atoms with Crippen LogP contribution in [-0.4, -0.2) is 34.7 Å². The van der Waals surface area contributed by atoms with Crippen LogP contribution >= 0.6 is 11.6 Å². The Kier molecular flexibility index (Phi) is 7.37. The van der Waals surface area contributed by atoms with Gasteiger partial charge in [0.15, 0.2) is 5.78 Å². The van der Waals surface area contributed by atoms with Crippen LogP contribution in [0.4, 0.5) is 0 Å². The first kappa shape index (κ1) is 24.0. The quantitative estimate of drug-likeness (QED) is 0.307. The third kappa shape index (κ3) is 5.33. The highest BCUT2D eigenvalue weighted by Gasteiger charge is 2.19. The van der Waals surface area contributed by atoms with Crippen molar-refractivity contribution in [2.24, 2.45) is 0 Å². The first-order valence-electron chi connectivity index (χ1n) is 11.3. The molecule has 1 heterocycles. The Morgan fingerprint density at radius 1 is 1.06 bits per heavy atom. The molecule has 0 aliphatic rings. The molecule has 4 rings (SSSR count). The van der Waals surface area contributed by atoms with Crippen molar-refractivity contribution in [1.29, 1.82) is 0 Å². The maximum atomic E-state index is 12.5. The number of halogens is 1. The van der Waals surface area contributed by atoms with Crippen LogP contribution in [0.2, 0.25) is 5.02 Å². The molecule has 5 nitrogen and oxygen atoms in total. The van der Waals surface area contributed by atoms with Crippen LogP contribution in [0.5, 0.6) is 5.75 Å². The lowest BCUT2D eigenvalue weighted by atomic mass is 10.1. The zero-order chi connectivity index (χ0) is 24.2. The number of hydrogen-bond acceptors (Lipinski definition) is 4. The number of nitrogens with zero attached hydrogens (tertiary/aromatic N) is 1. The minimum atomic E-state index is -0.672. The minimum Gasteiger partial charge on any atom is -0.491 e. The summed E-state index contributed by atoms with van der Waals surface area (Å²) in [4.78, 5) is 12.5. The summed E-state index contributed by atoms with van der Waals surface area (Å²) in [7, 11) is 0. The predicted molar refractivity (Wildman–Crippen MR) is 137 cm³/mol. The SMILES string of the molecule is CC(=O)c1c(C)n(-c2ccc(C)cc2)c2ccc(OC[C@H](O)CNCc3ccc(Cl)cc3)cc12. The maximum Gasteiger partial charge on any atom is 0.162 e. The monoisotopic (exact) mass is 476 g/mol. The molecule has 0 bridgehead atoms. The van der Waals surface area contributed by atoms with E-state index in [4.69, 9.17) is 16.3 Å². The first-order chi connectivity index (χ1) is 16.3. The molecule has 34 heavy (non-hydrogen) atoms. The molecule has 6 heteroatoms. The second kappa shape index (κ2) is 10.4. The Balaban J connectivity index is 1.47. The number of fused-ring (bicyclic) bond motifs is 1. The molecule has 0 spiro atoms. The molecule has 176 valence electrons. The van der Waals surface area contributed by atoms with Gasteiger partial charge in [0.25, 0.3) is 0 Å². The number of aliphatic hydroxyl groups is 1. The van der Waals surface area contributed by atoms with E-state index in [-0.39, 0.29) is 12.4 Å². The van der Waals surface area contributed by atoms with E-state index in [9.17, 15) is 9.90 Å². The molecule has 0 amide bonds. The summed E-state index contributed by atoms with van der Waals surface area (Å²) in [5.41, 5.74) is 5.82. The summed E-state index contributed by atoms with van der Waals surface area (Å²) in [6.45, 7) is 6.78. The number of carbonyl (C=O) groups is 1. The molecule has 0 saturated carbocycles. The largest absolute Gasteiger partial charge is 0.491 e. The van der Waals surface area contributed by atoms with Crippen molar-refractivity contribution in [2.75, 3.05) is 13.2 Å². The number of rotatable bonds is 9. The third-order valence-electron chi connectivity index (χ3n) is 5.88. The minimum absolute atomic E-state index is 0.0111. The van der Waals surface area contributed by atoms with Gasteiger partial charge in [-0.3, -0.25) is 4.79 Å². The van der Waals surface area contributed by atoms with Gasteiger partial charge in [-0.2, -0.15) is 0 Å². The highest BCUT2D eigenvalue weighted by Crippen LogP contribution is 2.32. The van der Waals surface area contributed by atoms with Crippen molar-refractivity contribution >= 4 is 28.3 Å². The number of aryl methyl sites for hydroxylation is 1. The van der Waals surface area contributed by atoms with Crippen molar-refractivity contribution in [3.63, 3.8) is 0 Å². The van der Waals surface area contributed by atoms with Crippen molar-refractivity contribution in [1.82, 2.24) is 9.88 Å². The average Bonchev–Trinajstić information content (AvgIpc) is 3.11. The number of benzene rings is 3. The van der Waals surface area contributed by atoms with E-state index in [1.165, 1.54) is 5.56 Å². The van der Waals surface area contributed by atoms with Gasteiger partial charge in [0.1, 0.15) is 18.5 Å². The highest BCUT2D eigenvalue weighted by molar-refractivity contribution is 6.30. The van der Waals surface area contributed by atoms with E-state index in [2.05, 4.69) is 41.1 Å². The normalized spacial score (nSPS) is 12.1. The Bertz CT molecular complexity index is 1290. The Labute approximate surface area is 204 Å².